The monoisotopic (exact) mass is 321 g/mol. The largest absolute Gasteiger partial charge is 0.376 e. The number of carbonyl (C=O) groups excluding carboxylic acids is 1. The zero-order valence-electron chi connectivity index (χ0n) is 10.7. The number of hydrogen-bond donors (Lipinski definition) is 2. The molecule has 4 nitrogen and oxygen atoms in total. The molecule has 2 rings (SSSR count). The first-order valence-electron chi connectivity index (χ1n) is 6.25. The standard InChI is InChI=1S/C14H16BrN3O/c1-14(9-16,10-2-3-10)18-13(19)8-17-12-6-4-11(15)5-7-12/h4-7,10,17H,2-3,8H2,1H3,(H,18,19)/t14-/m1/s1. The molecule has 1 aliphatic rings. The van der Waals surface area contributed by atoms with Crippen LogP contribution in [0.5, 0.6) is 0 Å². The summed E-state index contributed by atoms with van der Waals surface area (Å²) in [4.78, 5) is 11.9. The lowest BCUT2D eigenvalue weighted by molar-refractivity contribution is -0.120. The predicted octanol–water partition coefficient (Wildman–Crippen LogP) is 2.67. The van der Waals surface area contributed by atoms with E-state index < -0.39 is 5.54 Å². The minimum absolute atomic E-state index is 0.154. The van der Waals surface area contributed by atoms with Crippen molar-refractivity contribution in [1.29, 1.82) is 5.26 Å². The molecular weight excluding hydrogens is 306 g/mol. The molecule has 0 saturated heterocycles. The topological polar surface area (TPSA) is 64.9 Å². The van der Waals surface area contributed by atoms with E-state index >= 15 is 0 Å². The van der Waals surface area contributed by atoms with Gasteiger partial charge in [0.05, 0.1) is 12.6 Å². The maximum absolute atomic E-state index is 11.9. The highest BCUT2D eigenvalue weighted by molar-refractivity contribution is 9.10. The number of rotatable bonds is 5. The van der Waals surface area contributed by atoms with Crippen molar-refractivity contribution >= 4 is 27.5 Å². The summed E-state index contributed by atoms with van der Waals surface area (Å²) < 4.78 is 0.994. The van der Waals surface area contributed by atoms with E-state index in [1.54, 1.807) is 6.92 Å². The van der Waals surface area contributed by atoms with E-state index in [0.717, 1.165) is 23.0 Å². The Kier molecular flexibility index (Phi) is 4.11. The number of carbonyl (C=O) groups is 1. The number of halogens is 1. The van der Waals surface area contributed by atoms with Crippen LogP contribution in [-0.2, 0) is 4.79 Å². The number of anilines is 1. The summed E-state index contributed by atoms with van der Waals surface area (Å²) in [6.45, 7) is 1.97. The van der Waals surface area contributed by atoms with Gasteiger partial charge in [0, 0.05) is 10.2 Å². The zero-order valence-corrected chi connectivity index (χ0v) is 12.3. The van der Waals surface area contributed by atoms with Crippen LogP contribution in [0.4, 0.5) is 5.69 Å². The van der Waals surface area contributed by atoms with E-state index in [1.807, 2.05) is 24.3 Å². The molecule has 1 amide bonds. The highest BCUT2D eigenvalue weighted by Gasteiger charge is 2.42. The Morgan fingerprint density at radius 3 is 2.63 bits per heavy atom. The molecule has 0 unspecified atom stereocenters. The van der Waals surface area contributed by atoms with Gasteiger partial charge in [-0.1, -0.05) is 15.9 Å². The van der Waals surface area contributed by atoms with E-state index in [0.29, 0.717) is 5.92 Å². The fourth-order valence-corrected chi connectivity index (χ4v) is 2.23. The third-order valence-electron chi connectivity index (χ3n) is 3.32. The summed E-state index contributed by atoms with van der Waals surface area (Å²) in [5.74, 6) is 0.146. The van der Waals surface area contributed by atoms with E-state index in [-0.39, 0.29) is 12.5 Å². The lowest BCUT2D eigenvalue weighted by atomic mass is 9.98. The Morgan fingerprint density at radius 1 is 1.47 bits per heavy atom. The average Bonchev–Trinajstić information content (AvgIpc) is 3.22. The van der Waals surface area contributed by atoms with Gasteiger partial charge in [0.15, 0.2) is 0 Å². The molecule has 19 heavy (non-hydrogen) atoms. The fourth-order valence-electron chi connectivity index (χ4n) is 1.97. The lowest BCUT2D eigenvalue weighted by Gasteiger charge is -2.23. The van der Waals surface area contributed by atoms with Gasteiger partial charge in [-0.25, -0.2) is 0 Å². The third-order valence-corrected chi connectivity index (χ3v) is 3.85. The van der Waals surface area contributed by atoms with Crippen molar-refractivity contribution in [3.8, 4) is 6.07 Å². The van der Waals surface area contributed by atoms with Gasteiger partial charge in [-0.05, 0) is 49.9 Å². The van der Waals surface area contributed by atoms with Gasteiger partial charge in [0.1, 0.15) is 5.54 Å². The van der Waals surface area contributed by atoms with Crippen LogP contribution in [0, 0.1) is 17.2 Å². The number of nitrogens with zero attached hydrogens (tertiary/aromatic N) is 1. The molecule has 0 radical (unpaired) electrons. The lowest BCUT2D eigenvalue weighted by Crippen LogP contribution is -2.48. The van der Waals surface area contributed by atoms with Crippen molar-refractivity contribution in [2.45, 2.75) is 25.3 Å². The highest BCUT2D eigenvalue weighted by atomic mass is 79.9. The molecule has 1 saturated carbocycles. The van der Waals surface area contributed by atoms with Crippen LogP contribution in [0.3, 0.4) is 0 Å². The Bertz CT molecular complexity index is 504. The molecule has 0 bridgehead atoms. The first kappa shape index (κ1) is 13.9. The molecular formula is C14H16BrN3O. The zero-order chi connectivity index (χ0) is 13.9. The van der Waals surface area contributed by atoms with Crippen LogP contribution in [0.25, 0.3) is 0 Å². The summed E-state index contributed by atoms with van der Waals surface area (Å²) in [5, 5.41) is 15.0. The van der Waals surface area contributed by atoms with E-state index in [2.05, 4.69) is 32.6 Å². The van der Waals surface area contributed by atoms with Gasteiger partial charge in [-0.2, -0.15) is 5.26 Å². The summed E-state index contributed by atoms with van der Waals surface area (Å²) in [6.07, 6.45) is 2.04. The molecule has 2 N–H and O–H groups in total. The molecule has 1 fully saturated rings. The first-order chi connectivity index (χ1) is 9.03. The molecule has 0 aromatic heterocycles. The van der Waals surface area contributed by atoms with Crippen molar-refractivity contribution in [2.75, 3.05) is 11.9 Å². The van der Waals surface area contributed by atoms with E-state index in [9.17, 15) is 10.1 Å². The molecule has 5 heteroatoms. The smallest absolute Gasteiger partial charge is 0.240 e. The molecule has 0 heterocycles. The molecule has 1 atom stereocenters. The molecule has 1 aromatic rings. The van der Waals surface area contributed by atoms with Crippen LogP contribution >= 0.6 is 15.9 Å². The number of nitriles is 1. The quantitative estimate of drug-likeness (QED) is 0.876. The van der Waals surface area contributed by atoms with Crippen LogP contribution in [-0.4, -0.2) is 18.0 Å². The Hall–Kier alpha value is -1.54. The maximum atomic E-state index is 11.9. The molecule has 0 aliphatic heterocycles. The first-order valence-corrected chi connectivity index (χ1v) is 7.04. The van der Waals surface area contributed by atoms with Gasteiger partial charge in [0.25, 0.3) is 0 Å². The van der Waals surface area contributed by atoms with Crippen LogP contribution < -0.4 is 10.6 Å². The summed E-state index contributed by atoms with van der Waals surface area (Å²) in [7, 11) is 0. The van der Waals surface area contributed by atoms with Gasteiger partial charge in [-0.15, -0.1) is 0 Å². The fraction of sp³-hybridized carbons (Fsp3) is 0.429. The number of amides is 1. The average molecular weight is 322 g/mol. The molecule has 1 aromatic carbocycles. The summed E-state index contributed by atoms with van der Waals surface area (Å²) >= 11 is 3.35. The van der Waals surface area contributed by atoms with E-state index in [4.69, 9.17) is 0 Å². The van der Waals surface area contributed by atoms with Crippen molar-refractivity contribution < 1.29 is 4.79 Å². The van der Waals surface area contributed by atoms with Gasteiger partial charge in [-0.3, -0.25) is 4.79 Å². The van der Waals surface area contributed by atoms with Crippen LogP contribution in [0.15, 0.2) is 28.7 Å². The maximum Gasteiger partial charge on any atom is 0.240 e. The predicted molar refractivity (Wildman–Crippen MR) is 77.5 cm³/mol. The second-order valence-electron chi connectivity index (χ2n) is 5.00. The summed E-state index contributed by atoms with van der Waals surface area (Å²) in [5.41, 5.74) is 0.154. The Morgan fingerprint density at radius 2 is 2.11 bits per heavy atom. The Labute approximate surface area is 121 Å². The number of nitrogens with one attached hydrogen (secondary N) is 2. The van der Waals surface area contributed by atoms with Gasteiger partial charge >= 0.3 is 0 Å². The third kappa shape index (κ3) is 3.71. The minimum Gasteiger partial charge on any atom is -0.376 e. The minimum atomic E-state index is -0.724. The van der Waals surface area contributed by atoms with Crippen LogP contribution in [0.1, 0.15) is 19.8 Å². The number of benzene rings is 1. The van der Waals surface area contributed by atoms with Crippen molar-refractivity contribution in [1.82, 2.24) is 5.32 Å². The van der Waals surface area contributed by atoms with Crippen molar-refractivity contribution in [2.24, 2.45) is 5.92 Å². The van der Waals surface area contributed by atoms with Gasteiger partial charge < -0.3 is 10.6 Å². The summed E-state index contributed by atoms with van der Waals surface area (Å²) in [6, 6.07) is 9.81. The van der Waals surface area contributed by atoms with Crippen molar-refractivity contribution in [3.05, 3.63) is 28.7 Å². The van der Waals surface area contributed by atoms with E-state index in [1.165, 1.54) is 0 Å². The second-order valence-corrected chi connectivity index (χ2v) is 5.91. The SMILES string of the molecule is C[C@](C#N)(NC(=O)CNc1ccc(Br)cc1)C1CC1. The Balaban J connectivity index is 1.84. The molecule has 100 valence electrons. The second kappa shape index (κ2) is 5.62. The normalized spacial score (nSPS) is 17.1. The molecule has 1 aliphatic carbocycles. The number of hydrogen-bond acceptors (Lipinski definition) is 3. The highest BCUT2D eigenvalue weighted by Crippen LogP contribution is 2.39. The molecule has 0 spiro atoms. The van der Waals surface area contributed by atoms with Crippen molar-refractivity contribution in [3.63, 3.8) is 0 Å². The van der Waals surface area contributed by atoms with Crippen LogP contribution in [0.2, 0.25) is 0 Å². The van der Waals surface area contributed by atoms with Gasteiger partial charge in [0.2, 0.25) is 5.91 Å².